The molecule has 5 rings (SSSR count). The van der Waals surface area contributed by atoms with Crippen molar-refractivity contribution in [3.63, 3.8) is 0 Å². The number of hydrogen-bond acceptors (Lipinski definition) is 21. The van der Waals surface area contributed by atoms with Crippen molar-refractivity contribution >= 4 is 88.8 Å². The summed E-state index contributed by atoms with van der Waals surface area (Å²) in [5.74, 6) is -9.75. The molecule has 2 aliphatic rings. The van der Waals surface area contributed by atoms with Crippen LogP contribution in [0.2, 0.25) is 0 Å². The lowest BCUT2D eigenvalue weighted by molar-refractivity contribution is -0.148. The van der Waals surface area contributed by atoms with Gasteiger partial charge in [-0.05, 0) is 125 Å². The fraction of sp³-hybridized carbons (Fsp3) is 0.629. The van der Waals surface area contributed by atoms with E-state index in [4.69, 9.17) is 19.9 Å². The quantitative estimate of drug-likeness (QED) is 0.0285. The van der Waals surface area contributed by atoms with E-state index in [1.54, 1.807) is 84.4 Å². The van der Waals surface area contributed by atoms with Crippen molar-refractivity contribution in [2.24, 2.45) is 29.4 Å². The summed E-state index contributed by atoms with van der Waals surface area (Å²) in [5, 5.41) is 51.1. The number of aromatic hydroxyl groups is 1. The first-order chi connectivity index (χ1) is 59.5. The lowest BCUT2D eigenvalue weighted by Gasteiger charge is -2.41. The number of phenols is 1. The Bertz CT molecular complexity index is 3950. The zero-order valence-electron chi connectivity index (χ0n) is 75.0. The molecule has 2 saturated heterocycles. The summed E-state index contributed by atoms with van der Waals surface area (Å²) in [5.41, 5.74) is 7.09. The van der Waals surface area contributed by atoms with E-state index in [1.807, 2.05) is 60.5 Å². The van der Waals surface area contributed by atoms with Crippen molar-refractivity contribution in [1.29, 1.82) is 0 Å². The lowest BCUT2D eigenvalue weighted by Crippen LogP contribution is -2.59. The maximum absolute atomic E-state index is 14.9. The van der Waals surface area contributed by atoms with Crippen molar-refractivity contribution < 1.29 is 96.3 Å². The van der Waals surface area contributed by atoms with Crippen LogP contribution in [0.4, 0.5) is 4.79 Å². The highest BCUT2D eigenvalue weighted by atomic mass is 16.5. The molecule has 0 aromatic heterocycles. The van der Waals surface area contributed by atoms with Crippen molar-refractivity contribution in [2.75, 3.05) is 94.9 Å². The van der Waals surface area contributed by atoms with E-state index in [0.29, 0.717) is 68.3 Å². The summed E-state index contributed by atoms with van der Waals surface area (Å²) in [6, 6.07) is 11.7. The molecule has 694 valence electrons. The minimum absolute atomic E-state index is 0.0104. The van der Waals surface area contributed by atoms with E-state index < -0.39 is 138 Å². The molecule has 0 unspecified atom stereocenters. The van der Waals surface area contributed by atoms with Crippen LogP contribution >= 0.6 is 0 Å². The molecular formula is C89H138N16O20. The molecule has 0 radical (unpaired) electrons. The van der Waals surface area contributed by atoms with Crippen LogP contribution in [0, 0.1) is 23.7 Å². The molecule has 3 aromatic carbocycles. The second-order valence-corrected chi connectivity index (χ2v) is 33.2. The first kappa shape index (κ1) is 105. The Hall–Kier alpha value is -10.7. The van der Waals surface area contributed by atoms with Gasteiger partial charge >= 0.3 is 12.0 Å². The molecule has 36 heteroatoms. The summed E-state index contributed by atoms with van der Waals surface area (Å²) >= 11 is 0. The van der Waals surface area contributed by atoms with Crippen LogP contribution in [0.15, 0.2) is 84.9 Å². The first-order valence-corrected chi connectivity index (χ1v) is 43.6. The largest absolute Gasteiger partial charge is 0.508 e. The van der Waals surface area contributed by atoms with E-state index >= 15 is 0 Å². The number of likely N-dealkylation sites (tertiary alicyclic amines) is 2. The number of benzene rings is 3. The summed E-state index contributed by atoms with van der Waals surface area (Å²) in [6.07, 6.45) is 0.861. The molecular weight excluding hydrogens is 1610 g/mol. The number of carbonyl (C=O) groups is 15. The highest BCUT2D eigenvalue weighted by molar-refractivity contribution is 6.02. The molecule has 0 bridgehead atoms. The van der Waals surface area contributed by atoms with Crippen LogP contribution in [0.25, 0.3) is 0 Å². The molecule has 36 nitrogen and oxygen atoms in total. The van der Waals surface area contributed by atoms with Crippen LogP contribution in [0.1, 0.15) is 168 Å². The van der Waals surface area contributed by atoms with Gasteiger partial charge in [0.15, 0.2) is 0 Å². The Balaban J connectivity index is 1.32. The van der Waals surface area contributed by atoms with Crippen LogP contribution in [-0.4, -0.2) is 286 Å². The van der Waals surface area contributed by atoms with Gasteiger partial charge in [0, 0.05) is 119 Å². The van der Waals surface area contributed by atoms with E-state index in [9.17, 15) is 82.1 Å². The molecule has 0 spiro atoms. The molecule has 0 aliphatic carbocycles. The number of methoxy groups -OCH3 is 3. The average Bonchev–Trinajstić information content (AvgIpc) is 1.74. The van der Waals surface area contributed by atoms with Gasteiger partial charge in [0.2, 0.25) is 76.8 Å². The molecule has 2 fully saturated rings. The molecule has 3 aromatic rings. The molecule has 15 amide bonds. The Kier molecular flexibility index (Phi) is 46.1. The highest BCUT2D eigenvalue weighted by Crippen LogP contribution is 2.31. The number of nitrogens with two attached hydrogens (primary N) is 1. The van der Waals surface area contributed by atoms with Crippen molar-refractivity contribution in [3.05, 3.63) is 102 Å². The number of amides is 15. The number of nitrogens with one attached hydrogen (secondary N) is 11. The van der Waals surface area contributed by atoms with Gasteiger partial charge in [-0.3, -0.25) is 72.1 Å². The average molecular weight is 1750 g/mol. The fourth-order valence-electron chi connectivity index (χ4n) is 15.8. The van der Waals surface area contributed by atoms with Gasteiger partial charge in [-0.1, -0.05) is 128 Å². The summed E-state index contributed by atoms with van der Waals surface area (Å²) in [7, 11) is 9.74. The number of unbranched alkanes of at least 4 members (excludes halogenated alkanes) is 2. The second-order valence-electron chi connectivity index (χ2n) is 33.2. The van der Waals surface area contributed by atoms with E-state index in [0.717, 1.165) is 4.90 Å². The smallest absolute Gasteiger partial charge is 0.326 e. The van der Waals surface area contributed by atoms with Gasteiger partial charge in [-0.25, -0.2) is 9.59 Å². The third-order valence-electron chi connectivity index (χ3n) is 22.9. The molecule has 125 heavy (non-hydrogen) atoms. The topological polar surface area (TPSA) is 496 Å². The van der Waals surface area contributed by atoms with Crippen LogP contribution in [-0.2, 0) is 101 Å². The molecule has 15 N–H and O–H groups in total. The Morgan fingerprint density at radius 2 is 1.05 bits per heavy atom. The summed E-state index contributed by atoms with van der Waals surface area (Å²) < 4.78 is 17.2. The second kappa shape index (κ2) is 54.9. The third kappa shape index (κ3) is 35.3. The Morgan fingerprint density at radius 1 is 0.536 bits per heavy atom. The standard InChI is InChI=1S/C89H138N16O20/c1-14-57(6)78(103(10)87(119)76(55(2)3)101-86(118)77(56(4)5)102(8)9)70(124-12)54-75(111)104-48-26-34-69(104)79(125-13)58(7)80(112)99-66(51-59-27-17-15-18-28-59)82(114)94-46-41-72(108)96-67(52-60-29-19-16-20-30-60)85(117)98-65(33-25-45-95-89(90)122)83(115)97-64(84(116)100-68(88(120)121)53-61-35-37-62(106)38-36-61)32-22-24-44-93-81(113)63(31-21-23-43-92-71(107)42-50-123-11)91-47-49-105-73(109)39-40-74(105)110/h15-20,27-30,35-38,55-58,63-70,76-79,91,106H,14,21-26,31-34,39-54H2,1-13H3,(H,92,107)(H,93,113)(H,94,114)(H,96,108)(H,97,115)(H,98,117)(H,99,112)(H,100,116)(H,101,118)(H,120,121)(H3,90,95,122)/t57-,58+,63-,64-,65-,66-,67-,68-,69-,70+,76-,77-,78-,79+/m0/s1. The Labute approximate surface area is 734 Å². The number of aliphatic carboxylic acids is 1. The fourth-order valence-corrected chi connectivity index (χ4v) is 15.8. The van der Waals surface area contributed by atoms with Crippen molar-refractivity contribution in [3.8, 4) is 5.75 Å². The first-order valence-electron chi connectivity index (χ1n) is 43.6. The van der Waals surface area contributed by atoms with Gasteiger partial charge in [0.05, 0.1) is 55.3 Å². The number of ether oxygens (including phenoxy) is 3. The zero-order chi connectivity index (χ0) is 92.4. The van der Waals surface area contributed by atoms with Gasteiger partial charge in [0.25, 0.3) is 0 Å². The van der Waals surface area contributed by atoms with Gasteiger partial charge in [-0.2, -0.15) is 0 Å². The summed E-state index contributed by atoms with van der Waals surface area (Å²) in [6.45, 7) is 14.0. The number of rotatable bonds is 58. The third-order valence-corrected chi connectivity index (χ3v) is 22.9. The van der Waals surface area contributed by atoms with E-state index in [-0.39, 0.29) is 175 Å². The number of primary amides is 1. The number of likely N-dealkylation sites (N-methyl/N-ethyl adjacent to an activating group) is 2. The van der Waals surface area contributed by atoms with Crippen LogP contribution in [0.5, 0.6) is 5.75 Å². The van der Waals surface area contributed by atoms with Crippen molar-refractivity contribution in [1.82, 2.24) is 78.1 Å². The van der Waals surface area contributed by atoms with Gasteiger partial charge in [-0.15, -0.1) is 0 Å². The lowest BCUT2D eigenvalue weighted by atomic mass is 9.89. The van der Waals surface area contributed by atoms with Crippen molar-refractivity contribution in [2.45, 2.75) is 243 Å². The number of imide groups is 1. The van der Waals surface area contributed by atoms with Gasteiger partial charge < -0.3 is 98.4 Å². The Morgan fingerprint density at radius 3 is 1.58 bits per heavy atom. The minimum Gasteiger partial charge on any atom is -0.508 e. The molecule has 14 atom stereocenters. The SMILES string of the molecule is CC[C@H](C)[C@@H]([C@@H](CC(=O)N1CCC[C@H]1[C@H](OC)[C@@H](C)C(=O)N[C@@H](Cc1ccccc1)C(=O)NCCC(=O)N[C@@H](Cc1ccccc1)C(=O)N[C@@H](CCCNC(N)=O)C(=O)N[C@@H](CCCCNC(=O)[C@H](CCCCNC(=O)CCOC)NCCN1C(=O)CCC1=O)C(=O)N[C@@H](Cc1ccc(O)cc1)C(=O)O)OC)N(C)C(=O)[C@@H](NC(=O)[C@H](C(C)C)N(C)C)C(C)C. The number of urea groups is 1. The number of carbonyl (C=O) groups excluding carboxylic acids is 14. The van der Waals surface area contributed by atoms with E-state index in [1.165, 1.54) is 45.6 Å². The number of nitrogens with zero attached hydrogens (tertiary/aromatic N) is 4. The zero-order valence-corrected chi connectivity index (χ0v) is 75.0. The molecule has 2 aliphatic heterocycles. The number of hydrogen-bond donors (Lipinski definition) is 14. The number of phenolic OH excluding ortho intramolecular Hbond substituents is 1. The van der Waals surface area contributed by atoms with E-state index in [2.05, 4.69) is 58.5 Å². The maximum Gasteiger partial charge on any atom is 0.326 e. The summed E-state index contributed by atoms with van der Waals surface area (Å²) in [4.78, 5) is 213. The van der Waals surface area contributed by atoms with Gasteiger partial charge in [0.1, 0.15) is 42.0 Å². The monoisotopic (exact) mass is 1750 g/mol. The maximum atomic E-state index is 14.9. The normalized spacial score (nSPS) is 16.5. The number of carboxylic acid groups (broad SMARTS) is 1. The number of carboxylic acids is 1. The van der Waals surface area contributed by atoms with Crippen LogP contribution in [0.3, 0.4) is 0 Å². The van der Waals surface area contributed by atoms with Crippen LogP contribution < -0.4 is 64.2 Å². The predicted octanol–water partition coefficient (Wildman–Crippen LogP) is 2.25. The predicted molar refractivity (Wildman–Crippen MR) is 467 cm³/mol. The highest BCUT2D eigenvalue weighted by Gasteiger charge is 2.45. The molecule has 2 heterocycles. The molecule has 0 saturated carbocycles. The minimum atomic E-state index is -1.56.